The van der Waals surface area contributed by atoms with Gasteiger partial charge in [-0.1, -0.05) is 111 Å². The van der Waals surface area contributed by atoms with Gasteiger partial charge in [-0.05, 0) is 24.8 Å². The smallest absolute Gasteiger partial charge is 0.0777 e. The summed E-state index contributed by atoms with van der Waals surface area (Å²) >= 11 is 0. The molecule has 0 saturated carbocycles. The van der Waals surface area contributed by atoms with Crippen molar-refractivity contribution in [2.75, 3.05) is 6.54 Å². The van der Waals surface area contributed by atoms with Crippen molar-refractivity contribution in [3.05, 3.63) is 0 Å². The Morgan fingerprint density at radius 3 is 1.04 bits per heavy atom. The summed E-state index contributed by atoms with van der Waals surface area (Å²) < 4.78 is 32.7. The summed E-state index contributed by atoms with van der Waals surface area (Å²) in [6.45, 7) is 7.93. The normalized spacial score (nSPS) is 12.0. The molecule has 0 aromatic carbocycles. The fourth-order valence-electron chi connectivity index (χ4n) is 3.10. The molecule has 0 aliphatic heterocycles. The SMILES string of the molecule is CC(C)(C)CCCCCCCCCCCCCCCCCN.[O-][Cl+3]([O-])([O-])O. The van der Waals surface area contributed by atoms with Crippen molar-refractivity contribution in [1.82, 2.24) is 0 Å². The van der Waals surface area contributed by atoms with Crippen molar-refractivity contribution in [3.8, 4) is 0 Å². The zero-order valence-corrected chi connectivity index (χ0v) is 18.9. The first-order valence-corrected chi connectivity index (χ1v) is 12.2. The fourth-order valence-corrected chi connectivity index (χ4v) is 3.10. The van der Waals surface area contributed by atoms with E-state index in [0.29, 0.717) is 5.41 Å². The Labute approximate surface area is 170 Å². The first-order valence-electron chi connectivity index (χ1n) is 10.9. The molecule has 0 aromatic heterocycles. The van der Waals surface area contributed by atoms with Gasteiger partial charge in [0.05, 0.1) is 14.9 Å². The Morgan fingerprint density at radius 1 is 0.593 bits per heavy atom. The molecule has 166 valence electrons. The van der Waals surface area contributed by atoms with E-state index >= 15 is 0 Å². The summed E-state index contributed by atoms with van der Waals surface area (Å²) in [7, 11) is -4.69. The second kappa shape index (κ2) is 19.4. The Kier molecular flexibility index (Phi) is 21.1. The highest BCUT2D eigenvalue weighted by Crippen LogP contribution is 2.22. The summed E-state index contributed by atoms with van der Waals surface area (Å²) in [6, 6.07) is 0. The Bertz CT molecular complexity index is 285. The van der Waals surface area contributed by atoms with Gasteiger partial charge in [-0.2, -0.15) is 14.0 Å². The van der Waals surface area contributed by atoms with E-state index in [-0.39, 0.29) is 0 Å². The Morgan fingerprint density at radius 2 is 0.815 bits per heavy atom. The van der Waals surface area contributed by atoms with Gasteiger partial charge in [0.15, 0.2) is 0 Å². The number of halogens is 1. The molecule has 0 aliphatic carbocycles. The van der Waals surface area contributed by atoms with Crippen LogP contribution in [0, 0.1) is 15.7 Å². The lowest BCUT2D eigenvalue weighted by molar-refractivity contribution is -1.92. The van der Waals surface area contributed by atoms with Crippen LogP contribution in [0.4, 0.5) is 0 Å². The van der Waals surface area contributed by atoms with E-state index in [2.05, 4.69) is 20.8 Å². The predicted octanol–water partition coefficient (Wildman–Crippen LogP) is 3.11. The van der Waals surface area contributed by atoms with Gasteiger partial charge in [0.1, 0.15) is 0 Å². The molecule has 5 nitrogen and oxygen atoms in total. The average Bonchev–Trinajstić information content (AvgIpc) is 2.52. The van der Waals surface area contributed by atoms with E-state index in [1.54, 1.807) is 0 Å². The minimum Gasteiger partial charge on any atom is -0.330 e. The molecule has 0 atom stereocenters. The minimum absolute atomic E-state index is 0.532. The van der Waals surface area contributed by atoms with Crippen LogP contribution in [0.15, 0.2) is 0 Å². The lowest BCUT2D eigenvalue weighted by atomic mass is 9.89. The number of rotatable bonds is 16. The molecule has 0 unspecified atom stereocenters. The Hall–Kier alpha value is 0.0900. The first-order chi connectivity index (χ1) is 12.6. The molecular formula is C21H46ClNO4. The quantitative estimate of drug-likeness (QED) is 0.378. The standard InChI is InChI=1S/C21H45N.ClHO4/c1-21(2,3)19-17-15-13-11-9-7-5-4-6-8-10-12-14-16-18-20-22;2-1(3,4)5/h4-20,22H2,1-3H3;(H,2,3,4,5). The summed E-state index contributed by atoms with van der Waals surface area (Å²) in [5.74, 6) is 0. The van der Waals surface area contributed by atoms with E-state index in [1.165, 1.54) is 103 Å². The lowest BCUT2D eigenvalue weighted by Crippen LogP contribution is -2.58. The van der Waals surface area contributed by atoms with E-state index in [9.17, 15) is 0 Å². The maximum atomic E-state index is 8.60. The van der Waals surface area contributed by atoms with Crippen LogP contribution in [0.5, 0.6) is 0 Å². The van der Waals surface area contributed by atoms with Crippen LogP contribution in [0.2, 0.25) is 0 Å². The number of hydrogen-bond acceptors (Lipinski definition) is 5. The van der Waals surface area contributed by atoms with Gasteiger partial charge in [0.25, 0.3) is 0 Å². The van der Waals surface area contributed by atoms with Gasteiger partial charge in [-0.15, -0.1) is 0 Å². The molecule has 0 aromatic rings. The molecule has 27 heavy (non-hydrogen) atoms. The zero-order valence-electron chi connectivity index (χ0n) is 18.1. The van der Waals surface area contributed by atoms with Gasteiger partial charge in [-0.25, -0.2) is 0 Å². The van der Waals surface area contributed by atoms with Crippen LogP contribution in [-0.2, 0) is 0 Å². The van der Waals surface area contributed by atoms with E-state index < -0.39 is 10.2 Å². The second-order valence-corrected chi connectivity index (χ2v) is 9.59. The molecule has 0 heterocycles. The third-order valence-electron chi connectivity index (χ3n) is 4.63. The summed E-state index contributed by atoms with van der Waals surface area (Å²) in [4.78, 5) is 0. The zero-order chi connectivity index (χ0) is 21.0. The summed E-state index contributed by atoms with van der Waals surface area (Å²) in [5.41, 5.74) is 6.03. The van der Waals surface area contributed by atoms with Crippen molar-refractivity contribution < 1.29 is 28.9 Å². The summed E-state index contributed by atoms with van der Waals surface area (Å²) in [6.07, 6.45) is 22.8. The van der Waals surface area contributed by atoms with Gasteiger partial charge in [-0.3, -0.25) is 0 Å². The van der Waals surface area contributed by atoms with E-state index in [0.717, 1.165) is 6.54 Å². The van der Waals surface area contributed by atoms with Crippen LogP contribution in [0.1, 0.15) is 124 Å². The highest BCUT2D eigenvalue weighted by molar-refractivity contribution is 4.61. The number of hydrogen-bond donors (Lipinski definition) is 2. The molecule has 0 fully saturated rings. The monoisotopic (exact) mass is 411 g/mol. The van der Waals surface area contributed by atoms with Crippen LogP contribution in [0.25, 0.3) is 0 Å². The van der Waals surface area contributed by atoms with Crippen LogP contribution >= 0.6 is 0 Å². The predicted molar refractivity (Wildman–Crippen MR) is 105 cm³/mol. The maximum Gasteiger partial charge on any atom is 0.0777 e. The minimum atomic E-state index is -4.69. The maximum absolute atomic E-state index is 8.60. The lowest BCUT2D eigenvalue weighted by Gasteiger charge is -2.17. The molecular weight excluding hydrogens is 366 g/mol. The molecule has 6 heteroatoms. The van der Waals surface area contributed by atoms with Crippen LogP contribution in [-0.4, -0.2) is 11.2 Å². The highest BCUT2D eigenvalue weighted by atomic mass is 35.7. The fraction of sp³-hybridized carbons (Fsp3) is 1.00. The van der Waals surface area contributed by atoms with Gasteiger partial charge in [0.2, 0.25) is 0 Å². The topological polar surface area (TPSA) is 115 Å². The largest absolute Gasteiger partial charge is 0.330 e. The average molecular weight is 412 g/mol. The number of unbranched alkanes of at least 4 members (excludes halogenated alkanes) is 14. The molecule has 3 N–H and O–H groups in total. The molecule has 0 bridgehead atoms. The van der Waals surface area contributed by atoms with E-state index in [4.69, 9.17) is 24.4 Å². The second-order valence-electron chi connectivity index (χ2n) is 8.80. The summed E-state index contributed by atoms with van der Waals surface area (Å²) in [5, 5.41) is 0. The third kappa shape index (κ3) is 41.5. The number of nitrogens with two attached hydrogens (primary N) is 1. The van der Waals surface area contributed by atoms with Crippen LogP contribution < -0.4 is 19.7 Å². The van der Waals surface area contributed by atoms with Gasteiger partial charge >= 0.3 is 0 Å². The Balaban J connectivity index is 0. The molecule has 0 rings (SSSR count). The van der Waals surface area contributed by atoms with Crippen molar-refractivity contribution in [1.29, 1.82) is 0 Å². The van der Waals surface area contributed by atoms with Crippen LogP contribution in [0.3, 0.4) is 0 Å². The van der Waals surface area contributed by atoms with Gasteiger partial charge in [0, 0.05) is 0 Å². The molecule has 0 spiro atoms. The van der Waals surface area contributed by atoms with Crippen molar-refractivity contribution in [2.24, 2.45) is 11.1 Å². The third-order valence-corrected chi connectivity index (χ3v) is 4.63. The highest BCUT2D eigenvalue weighted by Gasteiger charge is 2.08. The van der Waals surface area contributed by atoms with E-state index in [1.807, 2.05) is 0 Å². The molecule has 0 amide bonds. The van der Waals surface area contributed by atoms with Crippen molar-refractivity contribution >= 4 is 0 Å². The molecule has 0 saturated heterocycles. The molecule has 0 radical (unpaired) electrons. The molecule has 0 aliphatic rings. The van der Waals surface area contributed by atoms with Crippen molar-refractivity contribution in [3.63, 3.8) is 0 Å². The first kappa shape index (κ1) is 29.3. The van der Waals surface area contributed by atoms with Crippen molar-refractivity contribution in [2.45, 2.75) is 124 Å². The van der Waals surface area contributed by atoms with Gasteiger partial charge < -0.3 is 5.73 Å².